The minimum absolute atomic E-state index is 0.722. The maximum absolute atomic E-state index is 4.65. The van der Waals surface area contributed by atoms with Crippen molar-refractivity contribution in [2.45, 2.75) is 46.8 Å². The summed E-state index contributed by atoms with van der Waals surface area (Å²) in [6.45, 7) is 11.7. The number of hydrogen-bond acceptors (Lipinski definition) is 4. The lowest BCUT2D eigenvalue weighted by Crippen LogP contribution is -2.09. The first-order chi connectivity index (χ1) is 8.58. The molecule has 18 heavy (non-hydrogen) atoms. The Bertz CT molecular complexity index is 378. The van der Waals surface area contributed by atoms with Gasteiger partial charge in [0.2, 0.25) is 0 Å². The van der Waals surface area contributed by atoms with Gasteiger partial charge in [0.05, 0.1) is 5.75 Å². The van der Waals surface area contributed by atoms with E-state index in [1.54, 1.807) is 0 Å². The van der Waals surface area contributed by atoms with E-state index in [9.17, 15) is 0 Å². The molecule has 0 spiro atoms. The van der Waals surface area contributed by atoms with Gasteiger partial charge in [0.1, 0.15) is 11.6 Å². The Kier molecular flexibility index (Phi) is 6.47. The van der Waals surface area contributed by atoms with E-state index in [-0.39, 0.29) is 0 Å². The molecule has 4 heteroatoms. The molecule has 0 unspecified atom stereocenters. The minimum Gasteiger partial charge on any atom is -0.370 e. The summed E-state index contributed by atoms with van der Waals surface area (Å²) in [5.74, 6) is 4.76. The second kappa shape index (κ2) is 7.62. The topological polar surface area (TPSA) is 37.8 Å². The molecule has 1 rings (SSSR count). The van der Waals surface area contributed by atoms with Crippen LogP contribution in [0, 0.1) is 12.8 Å². The van der Waals surface area contributed by atoms with Gasteiger partial charge < -0.3 is 5.32 Å². The number of nitrogens with zero attached hydrogens (tertiary/aromatic N) is 2. The third-order valence-corrected chi connectivity index (χ3v) is 4.01. The van der Waals surface area contributed by atoms with E-state index in [0.29, 0.717) is 0 Å². The summed E-state index contributed by atoms with van der Waals surface area (Å²) in [6, 6.07) is 0. The molecule has 102 valence electrons. The van der Waals surface area contributed by atoms with Crippen molar-refractivity contribution in [3.8, 4) is 0 Å². The number of rotatable bonds is 7. The van der Waals surface area contributed by atoms with Crippen LogP contribution in [0.3, 0.4) is 0 Å². The van der Waals surface area contributed by atoms with Crippen LogP contribution in [-0.2, 0) is 12.2 Å². The van der Waals surface area contributed by atoms with Crippen molar-refractivity contribution in [2.24, 2.45) is 5.92 Å². The number of nitrogens with one attached hydrogen (secondary N) is 1. The van der Waals surface area contributed by atoms with Gasteiger partial charge in [0.15, 0.2) is 0 Å². The highest BCUT2D eigenvalue weighted by atomic mass is 32.2. The summed E-state index contributed by atoms with van der Waals surface area (Å²) >= 11 is 1.91. The first-order valence-corrected chi connectivity index (χ1v) is 7.91. The van der Waals surface area contributed by atoms with E-state index >= 15 is 0 Å². The van der Waals surface area contributed by atoms with Crippen LogP contribution < -0.4 is 5.32 Å². The summed E-state index contributed by atoms with van der Waals surface area (Å²) in [4.78, 5) is 9.26. The lowest BCUT2D eigenvalue weighted by molar-refractivity contribution is 0.749. The van der Waals surface area contributed by atoms with E-state index in [1.165, 1.54) is 5.56 Å². The molecule has 0 aliphatic heterocycles. The van der Waals surface area contributed by atoms with Crippen molar-refractivity contribution in [2.75, 3.05) is 17.6 Å². The van der Waals surface area contributed by atoms with Crippen LogP contribution in [-0.4, -0.2) is 22.3 Å². The van der Waals surface area contributed by atoms with Crippen LogP contribution >= 0.6 is 11.8 Å². The molecule has 3 nitrogen and oxygen atoms in total. The van der Waals surface area contributed by atoms with Crippen LogP contribution in [0.15, 0.2) is 0 Å². The van der Waals surface area contributed by atoms with Crippen LogP contribution in [0.1, 0.15) is 44.8 Å². The van der Waals surface area contributed by atoms with Crippen molar-refractivity contribution < 1.29 is 0 Å². The molecule has 0 radical (unpaired) electrons. The number of thioether (sulfide) groups is 1. The van der Waals surface area contributed by atoms with Gasteiger partial charge in [-0.05, 0) is 31.9 Å². The summed E-state index contributed by atoms with van der Waals surface area (Å²) < 4.78 is 0. The fourth-order valence-electron chi connectivity index (χ4n) is 1.84. The molecule has 0 aliphatic rings. The van der Waals surface area contributed by atoms with Crippen LogP contribution in [0.4, 0.5) is 5.82 Å². The second-order valence-electron chi connectivity index (χ2n) is 4.85. The van der Waals surface area contributed by atoms with Crippen molar-refractivity contribution in [1.29, 1.82) is 0 Å². The van der Waals surface area contributed by atoms with Crippen LogP contribution in [0.25, 0.3) is 0 Å². The van der Waals surface area contributed by atoms with Gasteiger partial charge in [-0.15, -0.1) is 0 Å². The molecule has 1 aromatic rings. The first-order valence-electron chi connectivity index (χ1n) is 6.76. The molecular weight excluding hydrogens is 242 g/mol. The van der Waals surface area contributed by atoms with E-state index in [0.717, 1.165) is 47.7 Å². The van der Waals surface area contributed by atoms with E-state index in [4.69, 9.17) is 0 Å². The number of aromatic nitrogens is 2. The van der Waals surface area contributed by atoms with E-state index < -0.39 is 0 Å². The van der Waals surface area contributed by atoms with Crippen molar-refractivity contribution in [3.05, 3.63) is 17.1 Å². The zero-order valence-electron chi connectivity index (χ0n) is 12.2. The summed E-state index contributed by atoms with van der Waals surface area (Å²) in [6.07, 6.45) is 0.980. The molecule has 1 heterocycles. The van der Waals surface area contributed by atoms with Crippen LogP contribution in [0.5, 0.6) is 0 Å². The van der Waals surface area contributed by atoms with Crippen LogP contribution in [0.2, 0.25) is 0 Å². The number of hydrogen-bond donors (Lipinski definition) is 1. The Morgan fingerprint density at radius 2 is 1.94 bits per heavy atom. The average Bonchev–Trinajstić information content (AvgIpc) is 2.28. The predicted molar refractivity (Wildman–Crippen MR) is 81.3 cm³/mol. The molecule has 0 aliphatic carbocycles. The molecule has 0 amide bonds. The summed E-state index contributed by atoms with van der Waals surface area (Å²) in [5, 5.41) is 3.35. The number of anilines is 1. The molecule has 0 saturated heterocycles. The molecule has 0 saturated carbocycles. The Morgan fingerprint density at radius 1 is 1.22 bits per heavy atom. The molecular formula is C14H25N3S. The average molecular weight is 267 g/mol. The summed E-state index contributed by atoms with van der Waals surface area (Å²) in [5.41, 5.74) is 2.36. The van der Waals surface area contributed by atoms with Crippen molar-refractivity contribution >= 4 is 17.6 Å². The van der Waals surface area contributed by atoms with Crippen molar-refractivity contribution in [1.82, 2.24) is 9.97 Å². The van der Waals surface area contributed by atoms with Gasteiger partial charge in [0, 0.05) is 17.8 Å². The molecule has 0 bridgehead atoms. The van der Waals surface area contributed by atoms with E-state index in [1.807, 2.05) is 11.8 Å². The maximum Gasteiger partial charge on any atom is 0.140 e. The Morgan fingerprint density at radius 3 is 2.50 bits per heavy atom. The summed E-state index contributed by atoms with van der Waals surface area (Å²) in [7, 11) is 0. The van der Waals surface area contributed by atoms with Gasteiger partial charge in [-0.1, -0.05) is 20.8 Å². The van der Waals surface area contributed by atoms with Gasteiger partial charge in [-0.3, -0.25) is 0 Å². The zero-order valence-corrected chi connectivity index (χ0v) is 13.0. The standard InChI is InChI=1S/C14H25N3S/c1-6-12-11(5)16-13(9-18-8-10(3)4)17-14(12)15-7-2/h10H,6-9H2,1-5H3,(H,15,16,17). The highest BCUT2D eigenvalue weighted by Gasteiger charge is 2.09. The van der Waals surface area contributed by atoms with Gasteiger partial charge in [-0.2, -0.15) is 11.8 Å². The Balaban J connectivity index is 2.80. The molecule has 1 aromatic heterocycles. The van der Waals surface area contributed by atoms with Crippen molar-refractivity contribution in [3.63, 3.8) is 0 Å². The SMILES string of the molecule is CCNc1nc(CSCC(C)C)nc(C)c1CC. The lowest BCUT2D eigenvalue weighted by atomic mass is 10.1. The molecule has 0 fully saturated rings. The molecule has 0 aromatic carbocycles. The Hall–Kier alpha value is -0.770. The largest absolute Gasteiger partial charge is 0.370 e. The fraction of sp³-hybridized carbons (Fsp3) is 0.714. The zero-order chi connectivity index (χ0) is 13.5. The Labute approximate surface area is 115 Å². The third-order valence-electron chi connectivity index (χ3n) is 2.64. The smallest absolute Gasteiger partial charge is 0.140 e. The first kappa shape index (κ1) is 15.3. The highest BCUT2D eigenvalue weighted by molar-refractivity contribution is 7.98. The van der Waals surface area contributed by atoms with Gasteiger partial charge >= 0.3 is 0 Å². The van der Waals surface area contributed by atoms with Gasteiger partial charge in [0.25, 0.3) is 0 Å². The van der Waals surface area contributed by atoms with Gasteiger partial charge in [-0.25, -0.2) is 9.97 Å². The normalized spacial score (nSPS) is 11.0. The fourth-order valence-corrected chi connectivity index (χ4v) is 2.74. The minimum atomic E-state index is 0.722. The quantitative estimate of drug-likeness (QED) is 0.818. The molecule has 1 N–H and O–H groups in total. The second-order valence-corrected chi connectivity index (χ2v) is 5.88. The highest BCUT2D eigenvalue weighted by Crippen LogP contribution is 2.20. The number of aryl methyl sites for hydroxylation is 1. The maximum atomic E-state index is 4.65. The van der Waals surface area contributed by atoms with E-state index in [2.05, 4.69) is 49.9 Å². The third kappa shape index (κ3) is 4.48. The predicted octanol–water partition coefficient (Wildman–Crippen LogP) is 3.67. The molecule has 0 atom stereocenters. The lowest BCUT2D eigenvalue weighted by Gasteiger charge is -2.13. The monoisotopic (exact) mass is 267 g/mol.